The van der Waals surface area contributed by atoms with Crippen LogP contribution in [0.3, 0.4) is 0 Å². The molecule has 2 aromatic carbocycles. The molecule has 112 valence electrons. The molecule has 0 unspecified atom stereocenters. The molecular weight excluding hydrogens is 304 g/mol. The van der Waals surface area contributed by atoms with Crippen LogP contribution in [0.15, 0.2) is 53.6 Å². The second-order valence-corrected chi connectivity index (χ2v) is 6.62. The van der Waals surface area contributed by atoms with Crippen molar-refractivity contribution in [1.29, 1.82) is 0 Å². The number of aromatic nitrogens is 2. The highest BCUT2D eigenvalue weighted by atomic mass is 32.2. The van der Waals surface area contributed by atoms with Crippen LogP contribution in [-0.4, -0.2) is 28.7 Å². The van der Waals surface area contributed by atoms with Gasteiger partial charge in [0.15, 0.2) is 0 Å². The summed E-state index contributed by atoms with van der Waals surface area (Å²) in [5, 5.41) is 13.3. The normalized spacial score (nSPS) is 11.7. The molecule has 0 amide bonds. The largest absolute Gasteiger partial charge is 0.478 e. The zero-order valence-corrected chi connectivity index (χ0v) is 12.4. The standard InChI is InChI=1S/C15H12N2O4S/c1-10-5-7-11(8-6-10)22(20,21)17-14-4-2-3-12(15(18)19)13(14)9-16-17/h2-9H,1H3,(H,18,19). The molecule has 0 spiro atoms. The summed E-state index contributed by atoms with van der Waals surface area (Å²) >= 11 is 0. The number of nitrogens with zero attached hydrogens (tertiary/aromatic N) is 2. The second-order valence-electron chi connectivity index (χ2n) is 4.85. The third-order valence-corrected chi connectivity index (χ3v) is 4.97. The number of aryl methyl sites for hydroxylation is 1. The van der Waals surface area contributed by atoms with Crippen LogP contribution in [0.1, 0.15) is 15.9 Å². The van der Waals surface area contributed by atoms with Crippen molar-refractivity contribution in [2.24, 2.45) is 0 Å². The van der Waals surface area contributed by atoms with Gasteiger partial charge >= 0.3 is 5.97 Å². The van der Waals surface area contributed by atoms with Crippen molar-refractivity contribution in [2.45, 2.75) is 11.8 Å². The van der Waals surface area contributed by atoms with E-state index in [9.17, 15) is 13.2 Å². The molecule has 0 saturated heterocycles. The third-order valence-electron chi connectivity index (χ3n) is 3.36. The number of carboxylic acids is 1. The van der Waals surface area contributed by atoms with Gasteiger partial charge < -0.3 is 5.11 Å². The van der Waals surface area contributed by atoms with Crippen molar-refractivity contribution < 1.29 is 18.3 Å². The molecular formula is C15H12N2O4S. The van der Waals surface area contributed by atoms with Gasteiger partial charge in [-0.05, 0) is 31.2 Å². The zero-order chi connectivity index (χ0) is 15.9. The van der Waals surface area contributed by atoms with Gasteiger partial charge in [0, 0.05) is 5.39 Å². The van der Waals surface area contributed by atoms with Crippen molar-refractivity contribution in [3.8, 4) is 0 Å². The van der Waals surface area contributed by atoms with Gasteiger partial charge in [-0.3, -0.25) is 0 Å². The Morgan fingerprint density at radius 1 is 1.14 bits per heavy atom. The Bertz CT molecular complexity index is 972. The highest BCUT2D eigenvalue weighted by molar-refractivity contribution is 7.90. The quantitative estimate of drug-likeness (QED) is 0.800. The highest BCUT2D eigenvalue weighted by Gasteiger charge is 2.22. The first-order valence-electron chi connectivity index (χ1n) is 6.43. The zero-order valence-electron chi connectivity index (χ0n) is 11.6. The molecule has 0 fully saturated rings. The van der Waals surface area contributed by atoms with Crippen LogP contribution in [0.5, 0.6) is 0 Å². The maximum Gasteiger partial charge on any atom is 0.336 e. The first-order chi connectivity index (χ1) is 10.4. The summed E-state index contributed by atoms with van der Waals surface area (Å²) in [6.07, 6.45) is 1.25. The number of carboxylic acid groups (broad SMARTS) is 1. The molecule has 3 rings (SSSR count). The number of aromatic carboxylic acids is 1. The minimum atomic E-state index is -3.87. The summed E-state index contributed by atoms with van der Waals surface area (Å²) in [6.45, 7) is 1.86. The van der Waals surface area contributed by atoms with E-state index in [0.717, 1.165) is 9.65 Å². The van der Waals surface area contributed by atoms with E-state index in [0.29, 0.717) is 0 Å². The first-order valence-corrected chi connectivity index (χ1v) is 7.87. The minimum absolute atomic E-state index is 0.0165. The van der Waals surface area contributed by atoms with Gasteiger partial charge in [-0.1, -0.05) is 23.8 Å². The number of rotatable bonds is 3. The highest BCUT2D eigenvalue weighted by Crippen LogP contribution is 2.23. The summed E-state index contributed by atoms with van der Waals surface area (Å²) in [5.41, 5.74) is 1.20. The summed E-state index contributed by atoms with van der Waals surface area (Å²) in [4.78, 5) is 11.3. The number of fused-ring (bicyclic) bond motifs is 1. The van der Waals surface area contributed by atoms with Crippen LogP contribution in [-0.2, 0) is 10.0 Å². The lowest BCUT2D eigenvalue weighted by atomic mass is 10.1. The van der Waals surface area contributed by atoms with Gasteiger partial charge in [0.25, 0.3) is 10.0 Å². The Morgan fingerprint density at radius 2 is 1.82 bits per heavy atom. The third kappa shape index (κ3) is 2.15. The summed E-state index contributed by atoms with van der Waals surface area (Å²) in [6, 6.07) is 10.8. The lowest BCUT2D eigenvalue weighted by molar-refractivity contribution is 0.0699. The molecule has 6 nitrogen and oxygen atoms in total. The van der Waals surface area contributed by atoms with Crippen LogP contribution in [0.2, 0.25) is 0 Å². The predicted octanol–water partition coefficient (Wildman–Crippen LogP) is 2.28. The van der Waals surface area contributed by atoms with Crippen LogP contribution < -0.4 is 0 Å². The van der Waals surface area contributed by atoms with E-state index in [1.165, 1.54) is 36.5 Å². The second kappa shape index (κ2) is 4.96. The van der Waals surface area contributed by atoms with Crippen LogP contribution in [0, 0.1) is 6.92 Å². The molecule has 7 heteroatoms. The average Bonchev–Trinajstić information content (AvgIpc) is 2.92. The number of benzene rings is 2. The molecule has 0 aliphatic heterocycles. The fourth-order valence-electron chi connectivity index (χ4n) is 2.22. The predicted molar refractivity (Wildman–Crippen MR) is 80.5 cm³/mol. The molecule has 1 heterocycles. The van der Waals surface area contributed by atoms with Gasteiger partial charge in [0.2, 0.25) is 0 Å². The van der Waals surface area contributed by atoms with Gasteiger partial charge in [0.05, 0.1) is 22.2 Å². The fourth-order valence-corrected chi connectivity index (χ4v) is 3.49. The Kier molecular flexibility index (Phi) is 3.22. The van der Waals surface area contributed by atoms with Gasteiger partial charge in [0.1, 0.15) is 0 Å². The van der Waals surface area contributed by atoms with E-state index in [4.69, 9.17) is 5.11 Å². The maximum absolute atomic E-state index is 12.7. The lowest BCUT2D eigenvalue weighted by Gasteiger charge is -2.06. The molecule has 0 aliphatic rings. The molecule has 0 aliphatic carbocycles. The Balaban J connectivity index is 2.24. The summed E-state index contributed by atoms with van der Waals surface area (Å²) in [7, 11) is -3.87. The molecule has 1 aromatic heterocycles. The molecule has 0 radical (unpaired) electrons. The monoisotopic (exact) mass is 316 g/mol. The average molecular weight is 316 g/mol. The minimum Gasteiger partial charge on any atom is -0.478 e. The van der Waals surface area contributed by atoms with Crippen LogP contribution in [0.25, 0.3) is 10.9 Å². The SMILES string of the molecule is Cc1ccc(S(=O)(=O)n2ncc3c(C(=O)O)cccc32)cc1. The topological polar surface area (TPSA) is 89.3 Å². The summed E-state index contributed by atoms with van der Waals surface area (Å²) < 4.78 is 26.2. The maximum atomic E-state index is 12.7. The Morgan fingerprint density at radius 3 is 2.45 bits per heavy atom. The molecule has 0 bridgehead atoms. The van der Waals surface area contributed by atoms with Crippen LogP contribution >= 0.6 is 0 Å². The molecule has 1 N–H and O–H groups in total. The number of carbonyl (C=O) groups is 1. The smallest absolute Gasteiger partial charge is 0.336 e. The van der Waals surface area contributed by atoms with E-state index in [1.807, 2.05) is 6.92 Å². The lowest BCUT2D eigenvalue weighted by Crippen LogP contribution is -2.14. The van der Waals surface area contributed by atoms with E-state index >= 15 is 0 Å². The van der Waals surface area contributed by atoms with E-state index in [1.54, 1.807) is 12.1 Å². The summed E-state index contributed by atoms with van der Waals surface area (Å²) in [5.74, 6) is -1.13. The molecule has 0 atom stereocenters. The van der Waals surface area contributed by atoms with Crippen molar-refractivity contribution in [3.05, 3.63) is 59.8 Å². The van der Waals surface area contributed by atoms with Gasteiger partial charge in [-0.25, -0.2) is 4.79 Å². The van der Waals surface area contributed by atoms with E-state index in [-0.39, 0.29) is 21.4 Å². The molecule has 22 heavy (non-hydrogen) atoms. The van der Waals surface area contributed by atoms with E-state index < -0.39 is 16.0 Å². The molecule has 3 aromatic rings. The van der Waals surface area contributed by atoms with Gasteiger partial charge in [-0.15, -0.1) is 0 Å². The fraction of sp³-hybridized carbons (Fsp3) is 0.0667. The number of hydrogen-bond acceptors (Lipinski definition) is 4. The Hall–Kier alpha value is -2.67. The Labute approximate surface area is 126 Å². The number of hydrogen-bond donors (Lipinski definition) is 1. The van der Waals surface area contributed by atoms with Crippen molar-refractivity contribution in [1.82, 2.24) is 9.19 Å². The first kappa shape index (κ1) is 14.3. The molecule has 0 saturated carbocycles. The van der Waals surface area contributed by atoms with Crippen LogP contribution in [0.4, 0.5) is 0 Å². The van der Waals surface area contributed by atoms with Crippen molar-refractivity contribution in [2.75, 3.05) is 0 Å². The van der Waals surface area contributed by atoms with Gasteiger partial charge in [-0.2, -0.15) is 17.6 Å². The van der Waals surface area contributed by atoms with Crippen molar-refractivity contribution >= 4 is 26.9 Å². The van der Waals surface area contributed by atoms with Crippen molar-refractivity contribution in [3.63, 3.8) is 0 Å². The van der Waals surface area contributed by atoms with E-state index in [2.05, 4.69) is 5.10 Å².